The number of methoxy groups -OCH3 is 2. The van der Waals surface area contributed by atoms with Crippen LogP contribution in [0.5, 0.6) is 17.2 Å². The van der Waals surface area contributed by atoms with Gasteiger partial charge in [-0.3, -0.25) is 4.79 Å². The molecule has 2 rings (SSSR count). The number of nitrogens with zero attached hydrogens (tertiary/aromatic N) is 1. The van der Waals surface area contributed by atoms with E-state index < -0.39 is 18.5 Å². The molecular formula is C19H20N2O6. The number of hydrogen-bond donors (Lipinski definition) is 2. The van der Waals surface area contributed by atoms with Crippen LogP contribution >= 0.6 is 0 Å². The molecule has 142 valence electrons. The molecule has 8 nitrogen and oxygen atoms in total. The number of benzene rings is 2. The number of nitrogens with one attached hydrogen (secondary N) is 1. The minimum Gasteiger partial charge on any atom is -0.497 e. The molecule has 27 heavy (non-hydrogen) atoms. The largest absolute Gasteiger partial charge is 0.497 e. The average molecular weight is 372 g/mol. The van der Waals surface area contributed by atoms with Crippen molar-refractivity contribution in [1.82, 2.24) is 5.43 Å². The second kappa shape index (κ2) is 9.23. The fourth-order valence-corrected chi connectivity index (χ4v) is 2.14. The topological polar surface area (TPSA) is 106 Å². The van der Waals surface area contributed by atoms with Crippen LogP contribution in [0.1, 0.15) is 22.8 Å². The number of carbonyl (C=O) groups excluding carboxylic acids is 1. The third-order valence-electron chi connectivity index (χ3n) is 3.57. The first-order chi connectivity index (χ1) is 12.9. The fourth-order valence-electron chi connectivity index (χ4n) is 2.14. The highest BCUT2D eigenvalue weighted by atomic mass is 16.5. The van der Waals surface area contributed by atoms with Crippen molar-refractivity contribution in [3.05, 3.63) is 53.6 Å². The van der Waals surface area contributed by atoms with Crippen LogP contribution in [0.4, 0.5) is 0 Å². The Morgan fingerprint density at radius 2 is 1.56 bits per heavy atom. The van der Waals surface area contributed by atoms with Gasteiger partial charge in [0.05, 0.1) is 19.9 Å². The maximum Gasteiger partial charge on any atom is 0.341 e. The van der Waals surface area contributed by atoms with Crippen LogP contribution in [0.25, 0.3) is 0 Å². The summed E-state index contributed by atoms with van der Waals surface area (Å²) in [5.74, 6) is -0.0302. The Morgan fingerprint density at radius 3 is 2.07 bits per heavy atom. The molecule has 0 radical (unpaired) electrons. The Bertz CT molecular complexity index is 824. The Kier molecular flexibility index (Phi) is 6.76. The van der Waals surface area contributed by atoms with Crippen molar-refractivity contribution in [2.45, 2.75) is 6.92 Å². The van der Waals surface area contributed by atoms with Gasteiger partial charge < -0.3 is 19.3 Å². The van der Waals surface area contributed by atoms with Gasteiger partial charge >= 0.3 is 5.97 Å². The smallest absolute Gasteiger partial charge is 0.341 e. The van der Waals surface area contributed by atoms with E-state index in [0.29, 0.717) is 28.5 Å². The summed E-state index contributed by atoms with van der Waals surface area (Å²) in [6, 6.07) is 11.5. The SMILES string of the molecule is COc1cc(OC)cc(C(=O)N/N=C(/C)c2ccc(OCC(=O)O)cc2)c1. The lowest BCUT2D eigenvalue weighted by molar-refractivity contribution is -0.139. The molecule has 1 amide bonds. The van der Waals surface area contributed by atoms with Gasteiger partial charge in [-0.05, 0) is 48.9 Å². The third-order valence-corrected chi connectivity index (χ3v) is 3.57. The van der Waals surface area contributed by atoms with Crippen molar-refractivity contribution in [2.24, 2.45) is 5.10 Å². The highest BCUT2D eigenvalue weighted by molar-refractivity contribution is 6.01. The quantitative estimate of drug-likeness (QED) is 0.544. The molecule has 0 aromatic heterocycles. The van der Waals surface area contributed by atoms with E-state index in [0.717, 1.165) is 5.56 Å². The molecule has 2 N–H and O–H groups in total. The molecular weight excluding hydrogens is 352 g/mol. The molecule has 0 aliphatic carbocycles. The van der Waals surface area contributed by atoms with Crippen LogP contribution < -0.4 is 19.6 Å². The first-order valence-corrected chi connectivity index (χ1v) is 7.95. The highest BCUT2D eigenvalue weighted by Gasteiger charge is 2.10. The Labute approximate surface area is 156 Å². The van der Waals surface area contributed by atoms with E-state index in [1.54, 1.807) is 49.4 Å². The summed E-state index contributed by atoms with van der Waals surface area (Å²) in [4.78, 5) is 22.8. The average Bonchev–Trinajstić information content (AvgIpc) is 2.69. The molecule has 0 unspecified atom stereocenters. The van der Waals surface area contributed by atoms with E-state index in [9.17, 15) is 9.59 Å². The van der Waals surface area contributed by atoms with Crippen molar-refractivity contribution in [1.29, 1.82) is 0 Å². The number of amides is 1. The second-order valence-electron chi connectivity index (χ2n) is 5.45. The summed E-state index contributed by atoms with van der Waals surface area (Å²) in [7, 11) is 3.01. The first kappa shape index (κ1) is 19.8. The zero-order valence-electron chi connectivity index (χ0n) is 15.2. The van der Waals surface area contributed by atoms with Crippen molar-refractivity contribution in [2.75, 3.05) is 20.8 Å². The molecule has 0 saturated heterocycles. The summed E-state index contributed by atoms with van der Waals surface area (Å²) in [5.41, 5.74) is 4.15. The predicted octanol–water partition coefficient (Wildman–Crippen LogP) is 2.32. The van der Waals surface area contributed by atoms with Crippen molar-refractivity contribution in [3.63, 3.8) is 0 Å². The van der Waals surface area contributed by atoms with E-state index in [1.807, 2.05) is 0 Å². The monoisotopic (exact) mass is 372 g/mol. The first-order valence-electron chi connectivity index (χ1n) is 7.95. The third kappa shape index (κ3) is 5.74. The number of rotatable bonds is 8. The van der Waals surface area contributed by atoms with Gasteiger partial charge in [0, 0.05) is 11.6 Å². The second-order valence-corrected chi connectivity index (χ2v) is 5.45. The van der Waals surface area contributed by atoms with Gasteiger partial charge in [-0.15, -0.1) is 0 Å². The minimum atomic E-state index is -1.05. The summed E-state index contributed by atoms with van der Waals surface area (Å²) in [6.45, 7) is 1.33. The summed E-state index contributed by atoms with van der Waals surface area (Å²) < 4.78 is 15.4. The lowest BCUT2D eigenvalue weighted by Crippen LogP contribution is -2.19. The number of aliphatic carboxylic acids is 1. The van der Waals surface area contributed by atoms with E-state index in [1.165, 1.54) is 14.2 Å². The van der Waals surface area contributed by atoms with Crippen LogP contribution in [-0.2, 0) is 4.79 Å². The van der Waals surface area contributed by atoms with Crippen molar-refractivity contribution < 1.29 is 28.9 Å². The maximum absolute atomic E-state index is 12.3. The molecule has 0 spiro atoms. The fraction of sp³-hybridized carbons (Fsp3) is 0.211. The highest BCUT2D eigenvalue weighted by Crippen LogP contribution is 2.22. The number of carboxylic acids is 1. The normalized spacial score (nSPS) is 10.9. The van der Waals surface area contributed by atoms with Crippen molar-refractivity contribution in [3.8, 4) is 17.2 Å². The maximum atomic E-state index is 12.3. The van der Waals surface area contributed by atoms with E-state index in [-0.39, 0.29) is 0 Å². The van der Waals surface area contributed by atoms with Crippen molar-refractivity contribution >= 4 is 17.6 Å². The lowest BCUT2D eigenvalue weighted by Gasteiger charge is -2.08. The number of carbonyl (C=O) groups is 2. The van der Waals surface area contributed by atoms with E-state index in [2.05, 4.69) is 10.5 Å². The van der Waals surface area contributed by atoms with E-state index >= 15 is 0 Å². The molecule has 2 aromatic rings. The zero-order valence-corrected chi connectivity index (χ0v) is 15.2. The molecule has 0 atom stereocenters. The van der Waals surface area contributed by atoms with Crippen LogP contribution in [-0.4, -0.2) is 43.5 Å². The Hall–Kier alpha value is -3.55. The lowest BCUT2D eigenvalue weighted by atomic mass is 10.1. The van der Waals surface area contributed by atoms with Gasteiger partial charge in [0.2, 0.25) is 0 Å². The van der Waals surface area contributed by atoms with Gasteiger partial charge in [0.25, 0.3) is 5.91 Å². The molecule has 0 aliphatic rings. The molecule has 0 saturated carbocycles. The molecule has 2 aromatic carbocycles. The number of hydrogen-bond acceptors (Lipinski definition) is 6. The molecule has 0 bridgehead atoms. The van der Waals surface area contributed by atoms with Gasteiger partial charge in [0.15, 0.2) is 6.61 Å². The van der Waals surface area contributed by atoms with Gasteiger partial charge in [0.1, 0.15) is 17.2 Å². The molecule has 0 aliphatic heterocycles. The van der Waals surface area contributed by atoms with Crippen LogP contribution in [0.15, 0.2) is 47.6 Å². The molecule has 0 heterocycles. The van der Waals surface area contributed by atoms with Crippen LogP contribution in [0, 0.1) is 0 Å². The van der Waals surface area contributed by atoms with Crippen LogP contribution in [0.2, 0.25) is 0 Å². The number of carboxylic acid groups (broad SMARTS) is 1. The number of hydrazone groups is 1. The van der Waals surface area contributed by atoms with E-state index in [4.69, 9.17) is 19.3 Å². The zero-order chi connectivity index (χ0) is 19.8. The summed E-state index contributed by atoms with van der Waals surface area (Å²) >= 11 is 0. The van der Waals surface area contributed by atoms with Gasteiger partial charge in [-0.25, -0.2) is 10.2 Å². The summed E-state index contributed by atoms with van der Waals surface area (Å²) in [6.07, 6.45) is 0. The number of ether oxygens (including phenoxy) is 3. The molecule has 0 fully saturated rings. The predicted molar refractivity (Wildman–Crippen MR) is 98.8 cm³/mol. The Morgan fingerprint density at radius 1 is 0.963 bits per heavy atom. The Balaban J connectivity index is 2.06. The summed E-state index contributed by atoms with van der Waals surface area (Å²) in [5, 5.41) is 12.7. The molecule has 8 heteroatoms. The van der Waals surface area contributed by atoms with Gasteiger partial charge in [-0.2, -0.15) is 5.10 Å². The standard InChI is InChI=1S/C19H20N2O6/c1-12(13-4-6-15(7-5-13)27-11-18(22)23)20-21-19(24)14-8-16(25-2)10-17(9-14)26-3/h4-10H,11H2,1-3H3,(H,21,24)(H,22,23)/b20-12-. The minimum absolute atomic E-state index is 0.347. The van der Waals surface area contributed by atoms with Gasteiger partial charge in [-0.1, -0.05) is 0 Å². The van der Waals surface area contributed by atoms with Crippen LogP contribution in [0.3, 0.4) is 0 Å².